The van der Waals surface area contributed by atoms with Gasteiger partial charge in [-0.3, -0.25) is 0 Å². The van der Waals surface area contributed by atoms with E-state index in [2.05, 4.69) is 31.9 Å². The first-order valence-electron chi connectivity index (χ1n) is 5.86. The van der Waals surface area contributed by atoms with Gasteiger partial charge in [0.15, 0.2) is 0 Å². The molecule has 0 spiro atoms. The molecule has 0 aliphatic heterocycles. The second-order valence-electron chi connectivity index (χ2n) is 4.40. The van der Waals surface area contributed by atoms with Crippen molar-refractivity contribution in [1.82, 2.24) is 0 Å². The number of rotatable bonds is 2. The molecule has 2 nitrogen and oxygen atoms in total. The van der Waals surface area contributed by atoms with Crippen LogP contribution in [0.4, 0.5) is 4.39 Å². The molecule has 1 N–H and O–H groups in total. The number of hydrogen-bond acceptors (Lipinski definition) is 2. The van der Waals surface area contributed by atoms with E-state index in [0.717, 1.165) is 8.95 Å². The quantitative estimate of drug-likeness (QED) is 0.644. The van der Waals surface area contributed by atoms with Gasteiger partial charge in [0.25, 0.3) is 0 Å². The fraction of sp³-hybridized carbons (Fsp3) is 0.0667. The topological polar surface area (TPSA) is 33.4 Å². The fourth-order valence-corrected chi connectivity index (χ4v) is 3.31. The predicted molar refractivity (Wildman–Crippen MR) is 82.1 cm³/mol. The van der Waals surface area contributed by atoms with Gasteiger partial charge in [-0.2, -0.15) is 0 Å². The molecule has 0 amide bonds. The van der Waals surface area contributed by atoms with Crippen LogP contribution in [-0.4, -0.2) is 5.11 Å². The van der Waals surface area contributed by atoms with Crippen molar-refractivity contribution < 1.29 is 13.9 Å². The molecule has 0 aliphatic rings. The average Bonchev–Trinajstić information content (AvgIpc) is 2.81. The summed E-state index contributed by atoms with van der Waals surface area (Å²) in [4.78, 5) is 0. The molecule has 3 rings (SSSR count). The highest BCUT2D eigenvalue weighted by atomic mass is 79.9. The van der Waals surface area contributed by atoms with Crippen molar-refractivity contribution in [2.75, 3.05) is 0 Å². The summed E-state index contributed by atoms with van der Waals surface area (Å²) in [7, 11) is 0. The number of furan rings is 1. The summed E-state index contributed by atoms with van der Waals surface area (Å²) >= 11 is 6.77. The summed E-state index contributed by atoms with van der Waals surface area (Å²) in [5.74, 6) is 0.0535. The Morgan fingerprint density at radius 2 is 1.85 bits per heavy atom. The number of benzene rings is 2. The standard InChI is InChI=1S/C15H9Br2FO2/c16-9-1-3-11(12(17)7-9)15(19)14-6-8-5-10(18)2-4-13(8)20-14/h1-7,15,19H. The summed E-state index contributed by atoms with van der Waals surface area (Å²) < 4.78 is 20.4. The van der Waals surface area contributed by atoms with Gasteiger partial charge in [-0.15, -0.1) is 0 Å². The Bertz CT molecular complexity index is 783. The molecule has 1 aromatic heterocycles. The molecule has 1 unspecified atom stereocenters. The van der Waals surface area contributed by atoms with E-state index in [1.807, 2.05) is 12.1 Å². The Morgan fingerprint density at radius 1 is 1.05 bits per heavy atom. The Kier molecular flexibility index (Phi) is 3.67. The molecule has 0 bridgehead atoms. The minimum Gasteiger partial charge on any atom is -0.458 e. The van der Waals surface area contributed by atoms with E-state index in [1.165, 1.54) is 12.1 Å². The van der Waals surface area contributed by atoms with E-state index >= 15 is 0 Å². The zero-order chi connectivity index (χ0) is 14.3. The second-order valence-corrected chi connectivity index (χ2v) is 6.17. The highest BCUT2D eigenvalue weighted by Gasteiger charge is 2.18. The lowest BCUT2D eigenvalue weighted by Crippen LogP contribution is -1.98. The summed E-state index contributed by atoms with van der Waals surface area (Å²) in [5.41, 5.74) is 1.24. The van der Waals surface area contributed by atoms with E-state index in [9.17, 15) is 9.50 Å². The van der Waals surface area contributed by atoms with Gasteiger partial charge in [0.2, 0.25) is 0 Å². The maximum atomic E-state index is 13.2. The van der Waals surface area contributed by atoms with Crippen molar-refractivity contribution in [1.29, 1.82) is 0 Å². The maximum absolute atomic E-state index is 13.2. The first kappa shape index (κ1) is 13.8. The van der Waals surface area contributed by atoms with E-state index in [4.69, 9.17) is 4.42 Å². The van der Waals surface area contributed by atoms with Crippen LogP contribution in [0.1, 0.15) is 17.4 Å². The van der Waals surface area contributed by atoms with Gasteiger partial charge in [-0.1, -0.05) is 37.9 Å². The maximum Gasteiger partial charge on any atom is 0.138 e. The van der Waals surface area contributed by atoms with Crippen molar-refractivity contribution in [3.63, 3.8) is 0 Å². The average molecular weight is 400 g/mol. The van der Waals surface area contributed by atoms with E-state index in [-0.39, 0.29) is 5.82 Å². The van der Waals surface area contributed by atoms with Crippen LogP contribution < -0.4 is 0 Å². The monoisotopic (exact) mass is 398 g/mol. The van der Waals surface area contributed by atoms with Gasteiger partial charge >= 0.3 is 0 Å². The molecule has 0 fully saturated rings. The van der Waals surface area contributed by atoms with Gasteiger partial charge in [-0.25, -0.2) is 4.39 Å². The predicted octanol–water partition coefficient (Wildman–Crippen LogP) is 5.18. The van der Waals surface area contributed by atoms with Crippen LogP contribution >= 0.6 is 31.9 Å². The van der Waals surface area contributed by atoms with Crippen molar-refractivity contribution in [2.24, 2.45) is 0 Å². The summed E-state index contributed by atoms with van der Waals surface area (Å²) in [5, 5.41) is 11.0. The first-order chi connectivity index (χ1) is 9.54. The van der Waals surface area contributed by atoms with Crippen LogP contribution in [0.5, 0.6) is 0 Å². The lowest BCUT2D eigenvalue weighted by Gasteiger charge is -2.10. The van der Waals surface area contributed by atoms with Crippen molar-refractivity contribution >= 4 is 42.8 Å². The molecule has 0 radical (unpaired) electrons. The van der Waals surface area contributed by atoms with Gasteiger partial charge in [0.05, 0.1) is 0 Å². The zero-order valence-electron chi connectivity index (χ0n) is 10.1. The molecule has 1 atom stereocenters. The molecule has 1 heterocycles. The van der Waals surface area contributed by atoms with Crippen molar-refractivity contribution in [3.05, 3.63) is 68.6 Å². The minimum atomic E-state index is -0.909. The number of fused-ring (bicyclic) bond motifs is 1. The third-order valence-electron chi connectivity index (χ3n) is 3.02. The normalized spacial score (nSPS) is 12.8. The Morgan fingerprint density at radius 3 is 2.60 bits per heavy atom. The summed E-state index contributed by atoms with van der Waals surface area (Å²) in [6.45, 7) is 0. The highest BCUT2D eigenvalue weighted by Crippen LogP contribution is 2.33. The molecule has 0 saturated heterocycles. The molecular formula is C15H9Br2FO2. The first-order valence-corrected chi connectivity index (χ1v) is 7.45. The van der Waals surface area contributed by atoms with Gasteiger partial charge in [-0.05, 0) is 36.4 Å². The molecule has 0 aliphatic carbocycles. The molecular weight excluding hydrogens is 391 g/mol. The van der Waals surface area contributed by atoms with E-state index in [1.54, 1.807) is 18.2 Å². The van der Waals surface area contributed by atoms with Gasteiger partial charge in [0, 0.05) is 19.9 Å². The Balaban J connectivity index is 2.05. The lowest BCUT2D eigenvalue weighted by molar-refractivity contribution is 0.191. The Labute approximate surface area is 131 Å². The minimum absolute atomic E-state index is 0.329. The number of halogens is 3. The zero-order valence-corrected chi connectivity index (χ0v) is 13.3. The second kappa shape index (κ2) is 5.31. The SMILES string of the molecule is OC(c1cc2cc(F)ccc2o1)c1ccc(Br)cc1Br. The number of aliphatic hydroxyl groups is 1. The number of aliphatic hydroxyl groups excluding tert-OH is 1. The van der Waals surface area contributed by atoms with Crippen molar-refractivity contribution in [3.8, 4) is 0 Å². The third kappa shape index (κ3) is 2.53. The van der Waals surface area contributed by atoms with Crippen LogP contribution in [0.15, 0.2) is 55.8 Å². The molecule has 5 heteroatoms. The summed E-state index contributed by atoms with van der Waals surface area (Å²) in [6, 6.07) is 11.4. The third-order valence-corrected chi connectivity index (χ3v) is 4.20. The highest BCUT2D eigenvalue weighted by molar-refractivity contribution is 9.11. The van der Waals surface area contributed by atoms with Gasteiger partial charge in [0.1, 0.15) is 23.3 Å². The van der Waals surface area contributed by atoms with Crippen LogP contribution in [0.3, 0.4) is 0 Å². The van der Waals surface area contributed by atoms with Crippen LogP contribution in [0.25, 0.3) is 11.0 Å². The van der Waals surface area contributed by atoms with Crippen molar-refractivity contribution in [2.45, 2.75) is 6.10 Å². The van der Waals surface area contributed by atoms with Crippen LogP contribution in [0, 0.1) is 5.82 Å². The van der Waals surface area contributed by atoms with E-state index in [0.29, 0.717) is 22.3 Å². The molecule has 0 saturated carbocycles. The molecule has 102 valence electrons. The molecule has 3 aromatic rings. The molecule has 2 aromatic carbocycles. The molecule has 20 heavy (non-hydrogen) atoms. The van der Waals surface area contributed by atoms with Crippen LogP contribution in [0.2, 0.25) is 0 Å². The van der Waals surface area contributed by atoms with Gasteiger partial charge < -0.3 is 9.52 Å². The lowest BCUT2D eigenvalue weighted by atomic mass is 10.1. The number of hydrogen-bond donors (Lipinski definition) is 1. The van der Waals surface area contributed by atoms with Crippen LogP contribution in [-0.2, 0) is 0 Å². The van der Waals surface area contributed by atoms with E-state index < -0.39 is 6.10 Å². The Hall–Kier alpha value is -1.17. The summed E-state index contributed by atoms with van der Waals surface area (Å²) in [6.07, 6.45) is -0.909. The smallest absolute Gasteiger partial charge is 0.138 e. The fourth-order valence-electron chi connectivity index (χ4n) is 2.05. The largest absolute Gasteiger partial charge is 0.458 e.